The summed E-state index contributed by atoms with van der Waals surface area (Å²) in [6.07, 6.45) is 0. The number of hydrogen-bond donors (Lipinski definition) is 1. The molecule has 1 N–H and O–H groups in total. The van der Waals surface area contributed by atoms with Gasteiger partial charge in [-0.15, -0.1) is 0 Å². The molecule has 0 aromatic heterocycles. The Kier molecular flexibility index (Phi) is 4.50. The Hall–Kier alpha value is -1.64. The average molecular weight is 392 g/mol. The fraction of sp³-hybridized carbons (Fsp3) is 0. The first kappa shape index (κ1) is 15.7. The van der Waals surface area contributed by atoms with E-state index in [0.29, 0.717) is 4.47 Å². The van der Waals surface area contributed by atoms with Crippen LogP contribution < -0.4 is 4.72 Å². The van der Waals surface area contributed by atoms with Gasteiger partial charge in [0.1, 0.15) is 5.69 Å². The van der Waals surface area contributed by atoms with E-state index in [2.05, 4.69) is 20.7 Å². The van der Waals surface area contributed by atoms with E-state index in [4.69, 9.17) is 11.6 Å². The summed E-state index contributed by atoms with van der Waals surface area (Å²) in [5.74, 6) is 0. The van der Waals surface area contributed by atoms with Crippen LogP contribution in [0, 0.1) is 10.1 Å². The van der Waals surface area contributed by atoms with Gasteiger partial charge in [0.25, 0.3) is 15.7 Å². The van der Waals surface area contributed by atoms with Gasteiger partial charge in [-0.25, -0.2) is 8.42 Å². The molecular formula is C12H8BrClN2O4S. The van der Waals surface area contributed by atoms with Crippen molar-refractivity contribution in [3.63, 3.8) is 0 Å². The van der Waals surface area contributed by atoms with Crippen LogP contribution in [0.1, 0.15) is 0 Å². The number of halogens is 2. The maximum atomic E-state index is 12.2. The largest absolute Gasteiger partial charge is 0.293 e. The van der Waals surface area contributed by atoms with Gasteiger partial charge in [0.2, 0.25) is 0 Å². The van der Waals surface area contributed by atoms with Gasteiger partial charge in [-0.1, -0.05) is 33.6 Å². The molecule has 0 saturated heterocycles. The van der Waals surface area contributed by atoms with Gasteiger partial charge in [0, 0.05) is 15.6 Å². The lowest BCUT2D eigenvalue weighted by Crippen LogP contribution is -2.14. The number of anilines is 1. The third-order valence-corrected chi connectivity index (χ3v) is 4.60. The number of nitrogens with zero attached hydrogens (tertiary/aromatic N) is 1. The molecule has 9 heteroatoms. The van der Waals surface area contributed by atoms with Crippen molar-refractivity contribution in [1.82, 2.24) is 0 Å². The summed E-state index contributed by atoms with van der Waals surface area (Å²) >= 11 is 8.92. The second-order valence-corrected chi connectivity index (χ2v) is 7.02. The minimum Gasteiger partial charge on any atom is -0.273 e. The SMILES string of the molecule is O=[N+]([O-])c1ccc(Cl)cc1NS(=O)(=O)c1cccc(Br)c1. The highest BCUT2D eigenvalue weighted by Crippen LogP contribution is 2.30. The third-order valence-electron chi connectivity index (χ3n) is 2.51. The molecule has 0 radical (unpaired) electrons. The van der Waals surface area contributed by atoms with Gasteiger partial charge in [-0.3, -0.25) is 14.8 Å². The number of hydrogen-bond acceptors (Lipinski definition) is 4. The van der Waals surface area contributed by atoms with E-state index in [9.17, 15) is 18.5 Å². The zero-order valence-corrected chi connectivity index (χ0v) is 13.4. The van der Waals surface area contributed by atoms with Gasteiger partial charge >= 0.3 is 0 Å². The van der Waals surface area contributed by atoms with E-state index < -0.39 is 14.9 Å². The molecule has 21 heavy (non-hydrogen) atoms. The van der Waals surface area contributed by atoms with E-state index in [0.717, 1.165) is 6.07 Å². The third kappa shape index (κ3) is 3.72. The molecule has 2 aromatic rings. The van der Waals surface area contributed by atoms with E-state index >= 15 is 0 Å². The highest BCUT2D eigenvalue weighted by molar-refractivity contribution is 9.10. The second kappa shape index (κ2) is 6.00. The first-order valence-electron chi connectivity index (χ1n) is 5.52. The first-order chi connectivity index (χ1) is 9.79. The molecule has 0 saturated carbocycles. The van der Waals surface area contributed by atoms with Crippen molar-refractivity contribution in [2.45, 2.75) is 4.90 Å². The van der Waals surface area contributed by atoms with Crippen LogP contribution >= 0.6 is 27.5 Å². The molecule has 2 aromatic carbocycles. The molecule has 2 rings (SSSR count). The van der Waals surface area contributed by atoms with Crippen LogP contribution in [0.2, 0.25) is 5.02 Å². The predicted octanol–water partition coefficient (Wildman–Crippen LogP) is 3.81. The van der Waals surface area contributed by atoms with Crippen LogP contribution in [-0.4, -0.2) is 13.3 Å². The molecule has 0 unspecified atom stereocenters. The van der Waals surface area contributed by atoms with Crippen molar-refractivity contribution >= 4 is 48.9 Å². The van der Waals surface area contributed by atoms with Crippen LogP contribution in [0.3, 0.4) is 0 Å². The lowest BCUT2D eigenvalue weighted by atomic mass is 10.3. The van der Waals surface area contributed by atoms with Gasteiger partial charge < -0.3 is 0 Å². The number of sulfonamides is 1. The van der Waals surface area contributed by atoms with Crippen molar-refractivity contribution in [3.8, 4) is 0 Å². The highest BCUT2D eigenvalue weighted by Gasteiger charge is 2.21. The summed E-state index contributed by atoms with van der Waals surface area (Å²) in [5, 5.41) is 11.1. The number of nitro benzene ring substituents is 1. The molecule has 0 aliphatic heterocycles. The smallest absolute Gasteiger partial charge is 0.273 e. The molecule has 0 atom stereocenters. The predicted molar refractivity (Wildman–Crippen MR) is 83.1 cm³/mol. The van der Waals surface area contributed by atoms with Crippen LogP contribution in [-0.2, 0) is 10.0 Å². The van der Waals surface area contributed by atoms with Crippen LogP contribution in [0.25, 0.3) is 0 Å². The Morgan fingerprint density at radius 3 is 2.52 bits per heavy atom. The van der Waals surface area contributed by atoms with E-state index in [1.807, 2.05) is 0 Å². The van der Waals surface area contributed by atoms with Crippen molar-refractivity contribution in [2.24, 2.45) is 0 Å². The molecule has 6 nitrogen and oxygen atoms in total. The molecule has 0 fully saturated rings. The second-order valence-electron chi connectivity index (χ2n) is 3.98. The van der Waals surface area contributed by atoms with Crippen molar-refractivity contribution < 1.29 is 13.3 Å². The summed E-state index contributed by atoms with van der Waals surface area (Å²) < 4.78 is 27.2. The van der Waals surface area contributed by atoms with Crippen LogP contribution in [0.15, 0.2) is 51.8 Å². The maximum absolute atomic E-state index is 12.2. The Morgan fingerprint density at radius 1 is 1.19 bits per heavy atom. The Balaban J connectivity index is 2.46. The van der Waals surface area contributed by atoms with Gasteiger partial charge in [0.05, 0.1) is 9.82 Å². The Bertz CT molecular complexity index is 811. The fourth-order valence-electron chi connectivity index (χ4n) is 1.59. The quantitative estimate of drug-likeness (QED) is 0.634. The summed E-state index contributed by atoms with van der Waals surface area (Å²) in [4.78, 5) is 10.2. The van der Waals surface area contributed by atoms with Crippen LogP contribution in [0.5, 0.6) is 0 Å². The Labute approximate surface area is 134 Å². The fourth-order valence-corrected chi connectivity index (χ4v) is 3.42. The van der Waals surface area contributed by atoms with Gasteiger partial charge in [0.15, 0.2) is 0 Å². The number of nitrogens with one attached hydrogen (secondary N) is 1. The summed E-state index contributed by atoms with van der Waals surface area (Å²) in [6.45, 7) is 0. The van der Waals surface area contributed by atoms with E-state index in [1.165, 1.54) is 24.3 Å². The average Bonchev–Trinajstić information content (AvgIpc) is 2.38. The maximum Gasteiger partial charge on any atom is 0.293 e. The highest BCUT2D eigenvalue weighted by atomic mass is 79.9. The lowest BCUT2D eigenvalue weighted by Gasteiger charge is -2.09. The number of nitro groups is 1. The van der Waals surface area contributed by atoms with E-state index in [-0.39, 0.29) is 21.3 Å². The zero-order valence-electron chi connectivity index (χ0n) is 10.3. The molecular weight excluding hydrogens is 384 g/mol. The van der Waals surface area contributed by atoms with E-state index in [1.54, 1.807) is 12.1 Å². The van der Waals surface area contributed by atoms with Crippen molar-refractivity contribution in [1.29, 1.82) is 0 Å². The summed E-state index contributed by atoms with van der Waals surface area (Å²) in [6, 6.07) is 9.63. The molecule has 0 amide bonds. The molecule has 110 valence electrons. The molecule has 0 spiro atoms. The zero-order chi connectivity index (χ0) is 15.6. The minimum atomic E-state index is -3.95. The standard InChI is InChI=1S/C12H8BrClN2O4S/c13-8-2-1-3-10(6-8)21(19,20)15-11-7-9(14)4-5-12(11)16(17)18/h1-7,15H. The topological polar surface area (TPSA) is 89.3 Å². The molecule has 0 heterocycles. The van der Waals surface area contributed by atoms with Crippen molar-refractivity contribution in [2.75, 3.05) is 4.72 Å². The monoisotopic (exact) mass is 390 g/mol. The molecule has 0 bridgehead atoms. The van der Waals surface area contributed by atoms with Gasteiger partial charge in [-0.05, 0) is 30.3 Å². The van der Waals surface area contributed by atoms with Crippen LogP contribution in [0.4, 0.5) is 11.4 Å². The first-order valence-corrected chi connectivity index (χ1v) is 8.17. The van der Waals surface area contributed by atoms with Gasteiger partial charge in [-0.2, -0.15) is 0 Å². The number of rotatable bonds is 4. The van der Waals surface area contributed by atoms with Crippen molar-refractivity contribution in [3.05, 3.63) is 62.1 Å². The minimum absolute atomic E-state index is 0.0221. The normalized spacial score (nSPS) is 11.1. The summed E-state index contributed by atoms with van der Waals surface area (Å²) in [7, 11) is -3.95. The number of benzene rings is 2. The summed E-state index contributed by atoms with van der Waals surface area (Å²) in [5.41, 5.74) is -0.564. The molecule has 0 aliphatic carbocycles. The molecule has 0 aliphatic rings. The lowest BCUT2D eigenvalue weighted by molar-refractivity contribution is -0.383. The Morgan fingerprint density at radius 2 is 1.90 bits per heavy atom.